The minimum absolute atomic E-state index is 0.000765. The van der Waals surface area contributed by atoms with Crippen LogP contribution in [-0.2, 0) is 21.1 Å². The Balaban J connectivity index is 1.75. The minimum atomic E-state index is -4.10. The van der Waals surface area contributed by atoms with Crippen LogP contribution in [0.4, 0.5) is 0 Å². The van der Waals surface area contributed by atoms with Gasteiger partial charge in [-0.3, -0.25) is 19.5 Å². The van der Waals surface area contributed by atoms with Gasteiger partial charge < -0.3 is 9.30 Å². The van der Waals surface area contributed by atoms with Gasteiger partial charge in [-0.1, -0.05) is 17.7 Å². The van der Waals surface area contributed by atoms with E-state index in [-0.39, 0.29) is 31.9 Å². The van der Waals surface area contributed by atoms with E-state index in [4.69, 9.17) is 21.7 Å². The Morgan fingerprint density at radius 1 is 1.09 bits per heavy atom. The van der Waals surface area contributed by atoms with Gasteiger partial charge in [0.1, 0.15) is 21.7 Å². The molecule has 1 N–H and O–H groups in total. The summed E-state index contributed by atoms with van der Waals surface area (Å²) in [6.45, 7) is 5.45. The molecule has 1 aliphatic heterocycles. The number of pyridine rings is 2. The molecule has 3 aromatic heterocycles. The second-order valence-corrected chi connectivity index (χ2v) is 10.9. The number of sulfone groups is 1. The quantitative estimate of drug-likeness (QED) is 0.410. The molecule has 0 radical (unpaired) electrons. The number of aryl methyl sites for hydroxylation is 1. The molecule has 0 unspecified atom stereocenters. The first kappa shape index (κ1) is 23.7. The molecule has 5 rings (SSSR count). The summed E-state index contributed by atoms with van der Waals surface area (Å²) in [5.41, 5.74) is 0.977. The van der Waals surface area contributed by atoms with Crippen molar-refractivity contribution < 1.29 is 13.2 Å². The van der Waals surface area contributed by atoms with E-state index in [9.17, 15) is 13.2 Å². The number of ether oxygens (including phenoxy) is 1. The fourth-order valence-electron chi connectivity index (χ4n) is 4.25. The summed E-state index contributed by atoms with van der Waals surface area (Å²) in [4.78, 5) is 20.1. The number of hydrogen-bond donors (Lipinski definition) is 1. The van der Waals surface area contributed by atoms with Gasteiger partial charge in [0, 0.05) is 37.4 Å². The summed E-state index contributed by atoms with van der Waals surface area (Å²) >= 11 is 5.94. The molecule has 0 atom stereocenters. The maximum Gasteiger partial charge on any atom is 0.267 e. The van der Waals surface area contributed by atoms with Crippen LogP contribution in [0.5, 0.6) is 0 Å². The van der Waals surface area contributed by atoms with E-state index in [0.717, 1.165) is 18.7 Å². The topological polar surface area (TPSA) is 110 Å². The SMILES string of the molecule is Cc1ccc2nc3c(cc(S(=O)(=O)c4ccc(Cl)cc4)c(=N)n3CCN3CCOCC3)c(=O)n2c1. The van der Waals surface area contributed by atoms with Gasteiger partial charge in [-0.15, -0.1) is 0 Å². The van der Waals surface area contributed by atoms with Gasteiger partial charge >= 0.3 is 0 Å². The maximum atomic E-state index is 13.6. The Morgan fingerprint density at radius 3 is 2.51 bits per heavy atom. The van der Waals surface area contributed by atoms with E-state index in [2.05, 4.69) is 9.88 Å². The number of rotatable bonds is 5. The second-order valence-electron chi connectivity index (χ2n) is 8.51. The number of aromatic nitrogens is 3. The van der Waals surface area contributed by atoms with Gasteiger partial charge in [0.15, 0.2) is 0 Å². The molecule has 1 aliphatic rings. The lowest BCUT2D eigenvalue weighted by Crippen LogP contribution is -2.40. The lowest BCUT2D eigenvalue weighted by molar-refractivity contribution is 0.0363. The molecule has 0 aliphatic carbocycles. The number of nitrogens with zero attached hydrogens (tertiary/aromatic N) is 4. The Bertz CT molecular complexity index is 1660. The van der Waals surface area contributed by atoms with E-state index >= 15 is 0 Å². The highest BCUT2D eigenvalue weighted by molar-refractivity contribution is 7.91. The van der Waals surface area contributed by atoms with E-state index in [1.165, 1.54) is 39.3 Å². The Kier molecular flexibility index (Phi) is 6.22. The van der Waals surface area contributed by atoms with E-state index in [1.807, 2.05) is 13.0 Å². The van der Waals surface area contributed by atoms with Crippen molar-refractivity contribution in [2.45, 2.75) is 23.3 Å². The highest BCUT2D eigenvalue weighted by Crippen LogP contribution is 2.22. The van der Waals surface area contributed by atoms with Gasteiger partial charge in [-0.05, 0) is 48.9 Å². The van der Waals surface area contributed by atoms with Gasteiger partial charge in [0.05, 0.1) is 23.5 Å². The Labute approximate surface area is 206 Å². The molecule has 0 spiro atoms. The molecule has 1 aromatic carbocycles. The van der Waals surface area contributed by atoms with Crippen molar-refractivity contribution in [2.24, 2.45) is 0 Å². The lowest BCUT2D eigenvalue weighted by atomic mass is 10.2. The fourth-order valence-corrected chi connectivity index (χ4v) is 5.76. The molecule has 0 bridgehead atoms. The van der Waals surface area contributed by atoms with Crippen LogP contribution in [0, 0.1) is 12.3 Å². The highest BCUT2D eigenvalue weighted by atomic mass is 35.5. The van der Waals surface area contributed by atoms with Crippen molar-refractivity contribution in [1.29, 1.82) is 5.41 Å². The van der Waals surface area contributed by atoms with Crippen LogP contribution in [0.15, 0.2) is 63.2 Å². The van der Waals surface area contributed by atoms with Crippen LogP contribution >= 0.6 is 11.6 Å². The zero-order chi connectivity index (χ0) is 24.7. The average Bonchev–Trinajstić information content (AvgIpc) is 2.85. The van der Waals surface area contributed by atoms with Crippen LogP contribution in [0.3, 0.4) is 0 Å². The first-order valence-corrected chi connectivity index (χ1v) is 13.0. The third-order valence-electron chi connectivity index (χ3n) is 6.18. The minimum Gasteiger partial charge on any atom is -0.379 e. The Morgan fingerprint density at radius 2 is 1.80 bits per heavy atom. The van der Waals surface area contributed by atoms with Gasteiger partial charge in [-0.25, -0.2) is 13.4 Å². The van der Waals surface area contributed by atoms with Crippen molar-refractivity contribution in [2.75, 3.05) is 32.8 Å². The summed E-state index contributed by atoms with van der Waals surface area (Å²) in [7, 11) is -4.10. The molecule has 4 heterocycles. The predicted molar refractivity (Wildman–Crippen MR) is 132 cm³/mol. The van der Waals surface area contributed by atoms with Crippen molar-refractivity contribution >= 4 is 38.1 Å². The second kappa shape index (κ2) is 9.19. The molecule has 35 heavy (non-hydrogen) atoms. The van der Waals surface area contributed by atoms with Crippen molar-refractivity contribution in [1.82, 2.24) is 18.9 Å². The maximum absolute atomic E-state index is 13.6. The van der Waals surface area contributed by atoms with Crippen LogP contribution in [-0.4, -0.2) is 60.1 Å². The van der Waals surface area contributed by atoms with Crippen molar-refractivity contribution in [3.63, 3.8) is 0 Å². The van der Waals surface area contributed by atoms with E-state index < -0.39 is 9.84 Å². The molecule has 1 saturated heterocycles. The summed E-state index contributed by atoms with van der Waals surface area (Å²) < 4.78 is 35.5. The van der Waals surface area contributed by atoms with Gasteiger partial charge in [-0.2, -0.15) is 0 Å². The number of halogens is 1. The highest BCUT2D eigenvalue weighted by Gasteiger charge is 2.24. The summed E-state index contributed by atoms with van der Waals surface area (Å²) in [5, 5.41) is 9.41. The molecule has 11 heteroatoms. The zero-order valence-electron chi connectivity index (χ0n) is 19.1. The predicted octanol–water partition coefficient (Wildman–Crippen LogP) is 2.26. The van der Waals surface area contributed by atoms with Crippen LogP contribution < -0.4 is 11.0 Å². The monoisotopic (exact) mass is 513 g/mol. The number of benzene rings is 1. The molecular weight excluding hydrogens is 490 g/mol. The average molecular weight is 514 g/mol. The van der Waals surface area contributed by atoms with Crippen molar-refractivity contribution in [3.8, 4) is 0 Å². The smallest absolute Gasteiger partial charge is 0.267 e. The van der Waals surface area contributed by atoms with E-state index in [1.54, 1.807) is 12.3 Å². The van der Waals surface area contributed by atoms with Crippen LogP contribution in [0.2, 0.25) is 5.02 Å². The third kappa shape index (κ3) is 4.38. The number of nitrogens with one attached hydrogen (secondary N) is 1. The lowest BCUT2D eigenvalue weighted by Gasteiger charge is -2.27. The van der Waals surface area contributed by atoms with E-state index in [0.29, 0.717) is 37.0 Å². The molecule has 9 nitrogen and oxygen atoms in total. The number of hydrogen-bond acceptors (Lipinski definition) is 7. The molecule has 0 saturated carbocycles. The Hall–Kier alpha value is -3.05. The van der Waals surface area contributed by atoms with Crippen molar-refractivity contribution in [3.05, 3.63) is 75.1 Å². The normalized spacial score (nSPS) is 15.1. The zero-order valence-corrected chi connectivity index (χ0v) is 20.6. The molecular formula is C24H24ClN5O4S. The summed E-state index contributed by atoms with van der Waals surface area (Å²) in [6.07, 6.45) is 1.67. The third-order valence-corrected chi connectivity index (χ3v) is 8.21. The number of fused-ring (bicyclic) bond motifs is 2. The largest absolute Gasteiger partial charge is 0.379 e. The van der Waals surface area contributed by atoms with Crippen LogP contribution in [0.25, 0.3) is 16.7 Å². The summed E-state index contributed by atoms with van der Waals surface area (Å²) in [6, 6.07) is 10.6. The molecule has 1 fully saturated rings. The standard InChI is InChI=1S/C24H24ClN5O4S/c1-16-2-7-21-27-23-19(24(31)30(21)15-16)14-20(35(32,33)18-5-3-17(25)4-6-18)22(26)29(23)9-8-28-10-12-34-13-11-28/h2-7,14-15,26H,8-13H2,1H3. The molecule has 182 valence electrons. The summed E-state index contributed by atoms with van der Waals surface area (Å²) in [5.74, 6) is 0. The molecule has 0 amide bonds. The number of morpholine rings is 1. The van der Waals surface area contributed by atoms with Gasteiger partial charge in [0.25, 0.3) is 5.56 Å². The molecule has 4 aromatic rings. The first-order chi connectivity index (χ1) is 16.8. The van der Waals surface area contributed by atoms with Gasteiger partial charge in [0.2, 0.25) is 9.84 Å². The van der Waals surface area contributed by atoms with Crippen LogP contribution in [0.1, 0.15) is 5.56 Å². The first-order valence-electron chi connectivity index (χ1n) is 11.2. The fraction of sp³-hybridized carbons (Fsp3) is 0.292.